The highest BCUT2D eigenvalue weighted by molar-refractivity contribution is 6.05. The Hall–Kier alpha value is -4.07. The van der Waals surface area contributed by atoms with Crippen molar-refractivity contribution in [2.75, 3.05) is 18.7 Å². The van der Waals surface area contributed by atoms with E-state index in [2.05, 4.69) is 5.32 Å². The van der Waals surface area contributed by atoms with Crippen LogP contribution in [-0.4, -0.2) is 35.6 Å². The van der Waals surface area contributed by atoms with Crippen molar-refractivity contribution in [3.63, 3.8) is 0 Å². The second-order valence-electron chi connectivity index (χ2n) is 6.57. The fraction of sp³-hybridized carbons (Fsp3) is 0.136. The van der Waals surface area contributed by atoms with Gasteiger partial charge in [0, 0.05) is 29.7 Å². The highest BCUT2D eigenvalue weighted by Gasteiger charge is 2.21. The second-order valence-corrected chi connectivity index (χ2v) is 6.57. The van der Waals surface area contributed by atoms with E-state index in [-0.39, 0.29) is 23.8 Å². The number of rotatable bonds is 6. The van der Waals surface area contributed by atoms with Crippen molar-refractivity contribution in [2.24, 2.45) is 0 Å². The van der Waals surface area contributed by atoms with Crippen LogP contribution >= 0.6 is 0 Å². The third-order valence-corrected chi connectivity index (χ3v) is 4.51. The van der Waals surface area contributed by atoms with Gasteiger partial charge in [-0.1, -0.05) is 0 Å². The molecule has 0 radical (unpaired) electrons. The number of esters is 1. The molecule has 0 atom stereocenters. The Kier molecular flexibility index (Phi) is 5.21. The Bertz CT molecular complexity index is 1100. The highest BCUT2D eigenvalue weighted by atomic mass is 16.7. The fourth-order valence-corrected chi connectivity index (χ4v) is 3.01. The molecule has 1 aliphatic heterocycles. The Morgan fingerprint density at radius 1 is 1.03 bits per heavy atom. The molecule has 3 aromatic rings. The zero-order valence-electron chi connectivity index (χ0n) is 16.1. The van der Waals surface area contributed by atoms with Gasteiger partial charge in [0.25, 0.3) is 5.91 Å². The molecule has 0 spiro atoms. The summed E-state index contributed by atoms with van der Waals surface area (Å²) in [5.41, 5.74) is 1.77. The molecule has 4 rings (SSSR count). The molecule has 0 aliphatic carbocycles. The maximum Gasteiger partial charge on any atom is 0.338 e. The minimum Gasteiger partial charge on any atom is -0.454 e. The van der Waals surface area contributed by atoms with E-state index in [0.717, 1.165) is 5.69 Å². The van der Waals surface area contributed by atoms with Crippen molar-refractivity contribution in [2.45, 2.75) is 6.92 Å². The molecule has 1 amide bonds. The van der Waals surface area contributed by atoms with Crippen LogP contribution in [0.1, 0.15) is 27.6 Å². The molecular formula is C22H18N2O6. The van der Waals surface area contributed by atoms with Gasteiger partial charge in [0.15, 0.2) is 23.9 Å². The first-order valence-electron chi connectivity index (χ1n) is 9.16. The number of ketones is 1. The molecule has 0 saturated carbocycles. The van der Waals surface area contributed by atoms with Gasteiger partial charge in [-0.25, -0.2) is 4.79 Å². The first kappa shape index (κ1) is 19.3. The Morgan fingerprint density at radius 3 is 2.37 bits per heavy atom. The molecule has 0 saturated heterocycles. The third kappa shape index (κ3) is 4.02. The summed E-state index contributed by atoms with van der Waals surface area (Å²) in [5, 5.41) is 2.58. The van der Waals surface area contributed by atoms with Crippen LogP contribution in [-0.2, 0) is 9.53 Å². The Morgan fingerprint density at radius 2 is 1.70 bits per heavy atom. The van der Waals surface area contributed by atoms with Crippen LogP contribution in [0.4, 0.5) is 5.69 Å². The quantitative estimate of drug-likeness (QED) is 0.499. The molecule has 30 heavy (non-hydrogen) atoms. The number of nitrogens with one attached hydrogen (secondary N) is 1. The van der Waals surface area contributed by atoms with Crippen LogP contribution < -0.4 is 14.8 Å². The van der Waals surface area contributed by atoms with Crippen molar-refractivity contribution in [1.82, 2.24) is 4.57 Å². The minimum absolute atomic E-state index is 0.0464. The van der Waals surface area contributed by atoms with Gasteiger partial charge < -0.3 is 24.1 Å². The zero-order chi connectivity index (χ0) is 21.1. The lowest BCUT2D eigenvalue weighted by Crippen LogP contribution is -2.22. The third-order valence-electron chi connectivity index (χ3n) is 4.51. The van der Waals surface area contributed by atoms with E-state index < -0.39 is 18.5 Å². The summed E-state index contributed by atoms with van der Waals surface area (Å²) in [4.78, 5) is 36.4. The van der Waals surface area contributed by atoms with Crippen LogP contribution in [0.5, 0.6) is 11.5 Å². The average molecular weight is 406 g/mol. The number of carbonyl (C=O) groups is 3. The summed E-state index contributed by atoms with van der Waals surface area (Å²) in [5.74, 6) is -0.582. The van der Waals surface area contributed by atoms with Crippen molar-refractivity contribution < 1.29 is 28.6 Å². The highest BCUT2D eigenvalue weighted by Crippen LogP contribution is 2.37. The number of nitrogens with zero attached hydrogens (tertiary/aromatic N) is 1. The number of aromatic nitrogens is 1. The molecule has 0 unspecified atom stereocenters. The predicted octanol–water partition coefficient (Wildman–Crippen LogP) is 3.20. The molecule has 1 N–H and O–H groups in total. The number of carbonyl (C=O) groups excluding carboxylic acids is 3. The number of amides is 1. The zero-order valence-corrected chi connectivity index (χ0v) is 16.1. The van der Waals surface area contributed by atoms with E-state index in [1.54, 1.807) is 24.3 Å². The summed E-state index contributed by atoms with van der Waals surface area (Å²) in [6.45, 7) is 0.930. The molecule has 1 aliphatic rings. The number of fused-ring (bicyclic) bond motifs is 1. The molecule has 2 aromatic carbocycles. The van der Waals surface area contributed by atoms with Gasteiger partial charge in [-0.2, -0.15) is 0 Å². The van der Waals surface area contributed by atoms with Crippen molar-refractivity contribution in [3.8, 4) is 17.2 Å². The number of hydrogen-bond acceptors (Lipinski definition) is 6. The van der Waals surface area contributed by atoms with Crippen LogP contribution in [0.15, 0.2) is 60.9 Å². The summed E-state index contributed by atoms with van der Waals surface area (Å²) in [6.07, 6.45) is 3.78. The average Bonchev–Trinajstić information content (AvgIpc) is 3.43. The summed E-state index contributed by atoms with van der Waals surface area (Å²) < 4.78 is 17.5. The van der Waals surface area contributed by atoms with E-state index in [1.165, 1.54) is 19.1 Å². The number of Topliss-reactive ketones (excluding diaryl/α,β-unsaturated/α-hetero) is 1. The molecule has 0 fully saturated rings. The summed E-state index contributed by atoms with van der Waals surface area (Å²) in [6, 6.07) is 13.6. The topological polar surface area (TPSA) is 95.9 Å². The fourth-order valence-electron chi connectivity index (χ4n) is 3.01. The lowest BCUT2D eigenvalue weighted by atomic mass is 10.1. The number of ether oxygens (including phenoxy) is 3. The lowest BCUT2D eigenvalue weighted by Gasteiger charge is -2.11. The van der Waals surface area contributed by atoms with Gasteiger partial charge in [-0.05, 0) is 49.4 Å². The molecular weight excluding hydrogens is 388 g/mol. The molecule has 8 nitrogen and oxygen atoms in total. The molecule has 152 valence electrons. The number of anilines is 1. The minimum atomic E-state index is -0.623. The van der Waals surface area contributed by atoms with E-state index in [1.807, 2.05) is 29.1 Å². The van der Waals surface area contributed by atoms with Crippen molar-refractivity contribution >= 4 is 23.3 Å². The predicted molar refractivity (Wildman–Crippen MR) is 107 cm³/mol. The largest absolute Gasteiger partial charge is 0.454 e. The van der Waals surface area contributed by atoms with Crippen LogP contribution in [0.2, 0.25) is 0 Å². The van der Waals surface area contributed by atoms with Gasteiger partial charge >= 0.3 is 5.97 Å². The van der Waals surface area contributed by atoms with Gasteiger partial charge in [-0.3, -0.25) is 9.59 Å². The standard InChI is InChI=1S/C22H18N2O6/c1-14(25)17-10-19-20(30-13-29-19)11-18(17)23-21(26)12-28-22(27)15-4-6-16(7-5-15)24-8-2-3-9-24/h2-11H,12-13H2,1H3,(H,23,26). The SMILES string of the molecule is CC(=O)c1cc2c(cc1NC(=O)COC(=O)c1ccc(-n3cccc3)cc1)OCO2. The van der Waals surface area contributed by atoms with E-state index in [4.69, 9.17) is 14.2 Å². The summed E-state index contributed by atoms with van der Waals surface area (Å²) >= 11 is 0. The lowest BCUT2D eigenvalue weighted by molar-refractivity contribution is -0.119. The first-order valence-corrected chi connectivity index (χ1v) is 9.16. The van der Waals surface area contributed by atoms with Crippen molar-refractivity contribution in [3.05, 3.63) is 72.1 Å². The van der Waals surface area contributed by atoms with Gasteiger partial charge in [0.2, 0.25) is 6.79 Å². The monoisotopic (exact) mass is 406 g/mol. The van der Waals surface area contributed by atoms with Crippen LogP contribution in [0.3, 0.4) is 0 Å². The molecule has 8 heteroatoms. The van der Waals surface area contributed by atoms with E-state index >= 15 is 0 Å². The Labute approximate surface area is 172 Å². The van der Waals surface area contributed by atoms with Gasteiger partial charge in [0.05, 0.1) is 11.3 Å². The van der Waals surface area contributed by atoms with Crippen LogP contribution in [0.25, 0.3) is 5.69 Å². The van der Waals surface area contributed by atoms with Gasteiger partial charge in [-0.15, -0.1) is 0 Å². The van der Waals surface area contributed by atoms with Gasteiger partial charge in [0.1, 0.15) is 0 Å². The number of benzene rings is 2. The van der Waals surface area contributed by atoms with E-state index in [0.29, 0.717) is 17.1 Å². The molecule has 2 heterocycles. The molecule has 1 aromatic heterocycles. The maximum atomic E-state index is 12.3. The smallest absolute Gasteiger partial charge is 0.338 e. The first-order chi connectivity index (χ1) is 14.5. The van der Waals surface area contributed by atoms with Crippen LogP contribution in [0, 0.1) is 0 Å². The van der Waals surface area contributed by atoms with Crippen molar-refractivity contribution in [1.29, 1.82) is 0 Å². The second kappa shape index (κ2) is 8.12. The number of hydrogen-bond donors (Lipinski definition) is 1. The normalized spacial score (nSPS) is 11.8. The summed E-state index contributed by atoms with van der Waals surface area (Å²) in [7, 11) is 0. The Balaban J connectivity index is 1.38. The molecule has 0 bridgehead atoms. The maximum absolute atomic E-state index is 12.3. The van der Waals surface area contributed by atoms with E-state index in [9.17, 15) is 14.4 Å².